The first-order valence-electron chi connectivity index (χ1n) is 4.62. The fourth-order valence-electron chi connectivity index (χ4n) is 1.46. The third-order valence-corrected chi connectivity index (χ3v) is 2.12. The molecule has 4 nitrogen and oxygen atoms in total. The minimum absolute atomic E-state index is 0.807. The molecular formula is C10H14N4. The molecule has 0 aliphatic carbocycles. The smallest absolute Gasteiger partial charge is 0.178 e. The molecule has 0 unspecified atom stereocenters. The van der Waals surface area contributed by atoms with Gasteiger partial charge in [-0.15, -0.1) is 0 Å². The van der Waals surface area contributed by atoms with Gasteiger partial charge in [0.25, 0.3) is 0 Å². The Hall–Kier alpha value is -1.42. The molecular weight excluding hydrogens is 176 g/mol. The maximum absolute atomic E-state index is 4.41. The molecule has 0 radical (unpaired) electrons. The van der Waals surface area contributed by atoms with Crippen LogP contribution in [0.15, 0.2) is 12.3 Å². The van der Waals surface area contributed by atoms with E-state index in [-0.39, 0.29) is 0 Å². The van der Waals surface area contributed by atoms with E-state index in [1.165, 1.54) is 5.56 Å². The van der Waals surface area contributed by atoms with Crippen molar-refractivity contribution < 1.29 is 0 Å². The van der Waals surface area contributed by atoms with Crippen molar-refractivity contribution in [2.75, 3.05) is 14.1 Å². The minimum atomic E-state index is 0.807. The van der Waals surface area contributed by atoms with Gasteiger partial charge in [0.2, 0.25) is 0 Å². The number of rotatable bonds is 2. The largest absolute Gasteiger partial charge is 0.339 e. The van der Waals surface area contributed by atoms with Crippen LogP contribution in [-0.2, 0) is 6.54 Å². The van der Waals surface area contributed by atoms with Crippen molar-refractivity contribution in [1.82, 2.24) is 19.9 Å². The monoisotopic (exact) mass is 190 g/mol. The highest BCUT2D eigenvalue weighted by Crippen LogP contribution is 2.13. The number of imidazole rings is 1. The highest BCUT2D eigenvalue weighted by molar-refractivity contribution is 5.74. The van der Waals surface area contributed by atoms with Crippen molar-refractivity contribution in [3.05, 3.63) is 23.7 Å². The van der Waals surface area contributed by atoms with Gasteiger partial charge in [-0.25, -0.2) is 9.97 Å². The van der Waals surface area contributed by atoms with Gasteiger partial charge in [-0.1, -0.05) is 0 Å². The second-order valence-corrected chi connectivity index (χ2v) is 3.75. The van der Waals surface area contributed by atoms with Crippen LogP contribution in [0.25, 0.3) is 11.2 Å². The first kappa shape index (κ1) is 9.15. The highest BCUT2D eigenvalue weighted by atomic mass is 15.1. The van der Waals surface area contributed by atoms with Crippen LogP contribution in [0.4, 0.5) is 0 Å². The Morgan fingerprint density at radius 1 is 1.43 bits per heavy atom. The summed E-state index contributed by atoms with van der Waals surface area (Å²) in [5.41, 5.74) is 3.04. The van der Waals surface area contributed by atoms with Crippen molar-refractivity contribution >= 4 is 11.2 Å². The summed E-state index contributed by atoms with van der Waals surface area (Å²) in [6, 6.07) is 1.99. The van der Waals surface area contributed by atoms with E-state index >= 15 is 0 Å². The molecule has 2 aromatic rings. The minimum Gasteiger partial charge on any atom is -0.339 e. The highest BCUT2D eigenvalue weighted by Gasteiger charge is 2.05. The summed E-state index contributed by atoms with van der Waals surface area (Å²) in [4.78, 5) is 14.0. The van der Waals surface area contributed by atoms with E-state index < -0.39 is 0 Å². The van der Waals surface area contributed by atoms with E-state index in [2.05, 4.69) is 26.8 Å². The molecule has 14 heavy (non-hydrogen) atoms. The maximum atomic E-state index is 4.41. The van der Waals surface area contributed by atoms with E-state index in [1.807, 2.05) is 20.2 Å². The lowest BCUT2D eigenvalue weighted by molar-refractivity contribution is 0.392. The molecule has 0 aromatic carbocycles. The molecule has 0 saturated carbocycles. The fourth-order valence-corrected chi connectivity index (χ4v) is 1.46. The van der Waals surface area contributed by atoms with Gasteiger partial charge in [-0.3, -0.25) is 0 Å². The SMILES string of the molecule is Cc1ccnc2nc(CN(C)C)[nH]c12. The number of nitrogens with one attached hydrogen (secondary N) is 1. The van der Waals surface area contributed by atoms with Crippen LogP contribution in [0.2, 0.25) is 0 Å². The van der Waals surface area contributed by atoms with Crippen LogP contribution in [0.3, 0.4) is 0 Å². The molecule has 0 amide bonds. The zero-order valence-corrected chi connectivity index (χ0v) is 8.70. The molecule has 0 atom stereocenters. The van der Waals surface area contributed by atoms with Gasteiger partial charge in [0.1, 0.15) is 5.82 Å². The number of hydrogen-bond acceptors (Lipinski definition) is 3. The van der Waals surface area contributed by atoms with Gasteiger partial charge in [0.15, 0.2) is 5.65 Å². The molecule has 2 heterocycles. The Balaban J connectivity index is 2.46. The van der Waals surface area contributed by atoms with Crippen LogP contribution in [0, 0.1) is 6.92 Å². The van der Waals surface area contributed by atoms with E-state index in [4.69, 9.17) is 0 Å². The van der Waals surface area contributed by atoms with Gasteiger partial charge in [-0.2, -0.15) is 0 Å². The van der Waals surface area contributed by atoms with Crippen LogP contribution in [0.1, 0.15) is 11.4 Å². The topological polar surface area (TPSA) is 44.8 Å². The number of nitrogens with zero attached hydrogens (tertiary/aromatic N) is 3. The van der Waals surface area contributed by atoms with Crippen molar-refractivity contribution in [1.29, 1.82) is 0 Å². The molecule has 74 valence electrons. The summed E-state index contributed by atoms with van der Waals surface area (Å²) in [6.45, 7) is 2.87. The summed E-state index contributed by atoms with van der Waals surface area (Å²) in [5, 5.41) is 0. The summed E-state index contributed by atoms with van der Waals surface area (Å²) in [5.74, 6) is 0.965. The number of aryl methyl sites for hydroxylation is 1. The molecule has 0 bridgehead atoms. The number of pyridine rings is 1. The Bertz CT molecular complexity index is 444. The average Bonchev–Trinajstić information content (AvgIpc) is 2.47. The first-order chi connectivity index (χ1) is 6.66. The molecule has 0 aliphatic rings. The second kappa shape index (κ2) is 3.38. The molecule has 0 fully saturated rings. The zero-order chi connectivity index (χ0) is 10.1. The van der Waals surface area contributed by atoms with Crippen LogP contribution >= 0.6 is 0 Å². The molecule has 4 heteroatoms. The van der Waals surface area contributed by atoms with Crippen LogP contribution in [0.5, 0.6) is 0 Å². The molecule has 1 N–H and O–H groups in total. The Morgan fingerprint density at radius 2 is 2.21 bits per heavy atom. The van der Waals surface area contributed by atoms with Gasteiger partial charge < -0.3 is 9.88 Å². The van der Waals surface area contributed by atoms with Crippen molar-refractivity contribution in [2.45, 2.75) is 13.5 Å². The third-order valence-electron chi connectivity index (χ3n) is 2.12. The second-order valence-electron chi connectivity index (χ2n) is 3.75. The predicted molar refractivity (Wildman–Crippen MR) is 56.0 cm³/mol. The van der Waals surface area contributed by atoms with Crippen molar-refractivity contribution in [2.24, 2.45) is 0 Å². The lowest BCUT2D eigenvalue weighted by atomic mass is 10.3. The Morgan fingerprint density at radius 3 is 2.86 bits per heavy atom. The number of H-pyrrole nitrogens is 1. The molecule has 2 rings (SSSR count). The summed E-state index contributed by atoms with van der Waals surface area (Å²) >= 11 is 0. The number of aromatic nitrogens is 3. The van der Waals surface area contributed by atoms with Crippen molar-refractivity contribution in [3.8, 4) is 0 Å². The van der Waals surface area contributed by atoms with Gasteiger partial charge in [-0.05, 0) is 32.6 Å². The summed E-state index contributed by atoms with van der Waals surface area (Å²) < 4.78 is 0. The van der Waals surface area contributed by atoms with Crippen molar-refractivity contribution in [3.63, 3.8) is 0 Å². The van der Waals surface area contributed by atoms with Crippen LogP contribution < -0.4 is 0 Å². The van der Waals surface area contributed by atoms with E-state index in [0.717, 1.165) is 23.5 Å². The molecule has 0 saturated heterocycles. The Kier molecular flexibility index (Phi) is 2.21. The predicted octanol–water partition coefficient (Wildman–Crippen LogP) is 1.33. The lowest BCUT2D eigenvalue weighted by Gasteiger charge is -2.04. The average molecular weight is 190 g/mol. The van der Waals surface area contributed by atoms with E-state index in [0.29, 0.717) is 0 Å². The van der Waals surface area contributed by atoms with E-state index in [9.17, 15) is 0 Å². The van der Waals surface area contributed by atoms with E-state index in [1.54, 1.807) is 6.20 Å². The quantitative estimate of drug-likeness (QED) is 0.777. The maximum Gasteiger partial charge on any atom is 0.178 e. The van der Waals surface area contributed by atoms with Gasteiger partial charge >= 0.3 is 0 Å². The number of aromatic amines is 1. The fraction of sp³-hybridized carbons (Fsp3) is 0.400. The van der Waals surface area contributed by atoms with Gasteiger partial charge in [0, 0.05) is 6.20 Å². The molecule has 2 aromatic heterocycles. The first-order valence-corrected chi connectivity index (χ1v) is 4.62. The summed E-state index contributed by atoms with van der Waals surface area (Å²) in [6.07, 6.45) is 1.79. The third kappa shape index (κ3) is 1.61. The molecule has 0 spiro atoms. The molecule has 0 aliphatic heterocycles. The lowest BCUT2D eigenvalue weighted by Crippen LogP contribution is -2.11. The standard InChI is InChI=1S/C10H14N4/c1-7-4-5-11-10-9(7)12-8(13-10)6-14(2)3/h4-5H,6H2,1-3H3,(H,11,12,13). The summed E-state index contributed by atoms with van der Waals surface area (Å²) in [7, 11) is 4.04. The Labute approximate surface area is 83.0 Å². The van der Waals surface area contributed by atoms with Crippen LogP contribution in [-0.4, -0.2) is 33.9 Å². The zero-order valence-electron chi connectivity index (χ0n) is 8.70. The normalized spacial score (nSPS) is 11.4. The number of hydrogen-bond donors (Lipinski definition) is 1. The number of fused-ring (bicyclic) bond motifs is 1. The van der Waals surface area contributed by atoms with Gasteiger partial charge in [0.05, 0.1) is 12.1 Å².